The van der Waals surface area contributed by atoms with Crippen molar-refractivity contribution in [3.63, 3.8) is 0 Å². The Morgan fingerprint density at radius 1 is 1.00 bits per heavy atom. The molecule has 0 bridgehead atoms. The highest BCUT2D eigenvalue weighted by atomic mass is 16.5. The Kier molecular flexibility index (Phi) is 5.89. The van der Waals surface area contributed by atoms with Crippen LogP contribution in [0, 0.1) is 0 Å². The molecule has 3 aromatic rings. The first-order valence-electron chi connectivity index (χ1n) is 8.25. The quantitative estimate of drug-likeness (QED) is 0.595. The van der Waals surface area contributed by atoms with Crippen LogP contribution in [-0.4, -0.2) is 13.1 Å². The number of hydrogen-bond donors (Lipinski definition) is 0. The lowest BCUT2D eigenvalue weighted by atomic mass is 10.2. The number of esters is 1. The lowest BCUT2D eigenvalue weighted by Gasteiger charge is -2.07. The fourth-order valence-corrected chi connectivity index (χ4v) is 2.32. The highest BCUT2D eigenvalue weighted by molar-refractivity contribution is 5.89. The SMILES string of the molecule is COc1cccc(C(=O)OCc2cc(=O)c(OCc3ccccc3)co2)c1. The normalized spacial score (nSPS) is 10.3. The molecular weight excluding hydrogens is 348 g/mol. The number of methoxy groups -OCH3 is 1. The molecule has 138 valence electrons. The third-order valence-electron chi connectivity index (χ3n) is 3.74. The average molecular weight is 366 g/mol. The number of carbonyl (C=O) groups excluding carboxylic acids is 1. The number of benzene rings is 2. The molecule has 0 atom stereocenters. The van der Waals surface area contributed by atoms with E-state index in [1.54, 1.807) is 24.3 Å². The highest BCUT2D eigenvalue weighted by Gasteiger charge is 2.11. The Hall–Kier alpha value is -3.54. The molecule has 27 heavy (non-hydrogen) atoms. The summed E-state index contributed by atoms with van der Waals surface area (Å²) in [6.07, 6.45) is 1.22. The van der Waals surface area contributed by atoms with Crippen molar-refractivity contribution in [1.82, 2.24) is 0 Å². The van der Waals surface area contributed by atoms with E-state index in [0.717, 1.165) is 5.56 Å². The van der Waals surface area contributed by atoms with Gasteiger partial charge in [0.25, 0.3) is 0 Å². The molecule has 0 unspecified atom stereocenters. The minimum atomic E-state index is -0.541. The monoisotopic (exact) mass is 366 g/mol. The summed E-state index contributed by atoms with van der Waals surface area (Å²) >= 11 is 0. The Morgan fingerprint density at radius 3 is 2.56 bits per heavy atom. The third kappa shape index (κ3) is 4.98. The molecule has 0 fully saturated rings. The number of ether oxygens (including phenoxy) is 3. The average Bonchev–Trinajstić information content (AvgIpc) is 2.72. The molecule has 0 N–H and O–H groups in total. The van der Waals surface area contributed by atoms with Gasteiger partial charge in [-0.15, -0.1) is 0 Å². The zero-order valence-corrected chi connectivity index (χ0v) is 14.7. The molecule has 2 aromatic carbocycles. The number of hydrogen-bond acceptors (Lipinski definition) is 6. The first-order valence-corrected chi connectivity index (χ1v) is 8.25. The van der Waals surface area contributed by atoms with Crippen LogP contribution >= 0.6 is 0 Å². The summed E-state index contributed by atoms with van der Waals surface area (Å²) in [6, 6.07) is 17.3. The van der Waals surface area contributed by atoms with Crippen LogP contribution in [-0.2, 0) is 18.0 Å². The Labute approximate surface area is 155 Å². The predicted octanol–water partition coefficient (Wildman–Crippen LogP) is 3.58. The molecule has 1 aromatic heterocycles. The van der Waals surface area contributed by atoms with E-state index in [1.165, 1.54) is 19.4 Å². The van der Waals surface area contributed by atoms with Gasteiger partial charge in [0.15, 0.2) is 0 Å². The van der Waals surface area contributed by atoms with Crippen molar-refractivity contribution in [2.45, 2.75) is 13.2 Å². The van der Waals surface area contributed by atoms with Gasteiger partial charge in [0, 0.05) is 6.07 Å². The summed E-state index contributed by atoms with van der Waals surface area (Å²) in [7, 11) is 1.51. The maximum Gasteiger partial charge on any atom is 0.338 e. The molecule has 0 saturated heterocycles. The van der Waals surface area contributed by atoms with E-state index >= 15 is 0 Å². The van der Waals surface area contributed by atoms with Gasteiger partial charge in [0.1, 0.15) is 31.0 Å². The Bertz CT molecular complexity index is 962. The van der Waals surface area contributed by atoms with Gasteiger partial charge in [-0.25, -0.2) is 4.79 Å². The predicted molar refractivity (Wildman–Crippen MR) is 97.9 cm³/mol. The maximum absolute atomic E-state index is 12.1. The fraction of sp³-hybridized carbons (Fsp3) is 0.143. The molecule has 0 radical (unpaired) electrons. The zero-order valence-electron chi connectivity index (χ0n) is 14.7. The molecule has 1 heterocycles. The fourth-order valence-electron chi connectivity index (χ4n) is 2.32. The molecular formula is C21H18O6. The minimum absolute atomic E-state index is 0.0988. The number of carbonyl (C=O) groups is 1. The van der Waals surface area contributed by atoms with Gasteiger partial charge < -0.3 is 18.6 Å². The van der Waals surface area contributed by atoms with Gasteiger partial charge in [0.05, 0.1) is 12.7 Å². The second-order valence-corrected chi connectivity index (χ2v) is 5.66. The van der Waals surface area contributed by atoms with Gasteiger partial charge in [-0.1, -0.05) is 36.4 Å². The summed E-state index contributed by atoms with van der Waals surface area (Å²) in [5.41, 5.74) is 0.942. The van der Waals surface area contributed by atoms with Gasteiger partial charge >= 0.3 is 5.97 Å². The van der Waals surface area contributed by atoms with Crippen molar-refractivity contribution in [3.8, 4) is 11.5 Å². The van der Waals surface area contributed by atoms with E-state index in [4.69, 9.17) is 18.6 Å². The van der Waals surface area contributed by atoms with E-state index in [0.29, 0.717) is 11.3 Å². The molecule has 0 aliphatic carbocycles. The molecule has 6 nitrogen and oxygen atoms in total. The van der Waals surface area contributed by atoms with Gasteiger partial charge in [-0.2, -0.15) is 0 Å². The zero-order chi connectivity index (χ0) is 19.1. The minimum Gasteiger partial charge on any atom is -0.497 e. The molecule has 0 amide bonds. The summed E-state index contributed by atoms with van der Waals surface area (Å²) in [5, 5.41) is 0. The van der Waals surface area contributed by atoms with Crippen molar-refractivity contribution in [1.29, 1.82) is 0 Å². The van der Waals surface area contributed by atoms with Crippen molar-refractivity contribution in [2.24, 2.45) is 0 Å². The van der Waals surface area contributed by atoms with Gasteiger partial charge in [-0.05, 0) is 23.8 Å². The molecule has 0 aliphatic rings. The van der Waals surface area contributed by atoms with Crippen LogP contribution in [0.5, 0.6) is 11.5 Å². The molecule has 0 aliphatic heterocycles. The van der Waals surface area contributed by atoms with Crippen LogP contribution in [0.2, 0.25) is 0 Å². The molecule has 0 saturated carbocycles. The lowest BCUT2D eigenvalue weighted by Crippen LogP contribution is -2.10. The van der Waals surface area contributed by atoms with Crippen molar-refractivity contribution in [2.75, 3.05) is 7.11 Å². The summed E-state index contributed by atoms with van der Waals surface area (Å²) in [4.78, 5) is 24.2. The summed E-state index contributed by atoms with van der Waals surface area (Å²) in [6.45, 7) is 0.0972. The third-order valence-corrected chi connectivity index (χ3v) is 3.74. The van der Waals surface area contributed by atoms with E-state index in [9.17, 15) is 9.59 Å². The van der Waals surface area contributed by atoms with Crippen molar-refractivity contribution >= 4 is 5.97 Å². The Balaban J connectivity index is 1.58. The standard InChI is InChI=1S/C21H18O6/c1-24-17-9-5-8-16(10-17)21(23)27-13-18-11-19(22)20(14-25-18)26-12-15-6-3-2-4-7-15/h2-11,14H,12-13H2,1H3. The van der Waals surface area contributed by atoms with Crippen LogP contribution in [0.3, 0.4) is 0 Å². The van der Waals surface area contributed by atoms with Crippen LogP contribution < -0.4 is 14.9 Å². The topological polar surface area (TPSA) is 75.0 Å². The van der Waals surface area contributed by atoms with Crippen LogP contribution in [0.15, 0.2) is 76.1 Å². The lowest BCUT2D eigenvalue weighted by molar-refractivity contribution is 0.0442. The largest absolute Gasteiger partial charge is 0.497 e. The van der Waals surface area contributed by atoms with Gasteiger partial charge in [0.2, 0.25) is 11.2 Å². The van der Waals surface area contributed by atoms with Crippen molar-refractivity contribution in [3.05, 3.63) is 94.0 Å². The van der Waals surface area contributed by atoms with E-state index < -0.39 is 5.97 Å². The van der Waals surface area contributed by atoms with E-state index in [1.807, 2.05) is 30.3 Å². The van der Waals surface area contributed by atoms with E-state index in [2.05, 4.69) is 0 Å². The van der Waals surface area contributed by atoms with Crippen LogP contribution in [0.1, 0.15) is 21.7 Å². The number of rotatable bonds is 7. The summed E-state index contributed by atoms with van der Waals surface area (Å²) < 4.78 is 21.0. The Morgan fingerprint density at radius 2 is 1.81 bits per heavy atom. The first-order chi connectivity index (χ1) is 13.2. The highest BCUT2D eigenvalue weighted by Crippen LogP contribution is 2.15. The molecule has 0 spiro atoms. The van der Waals surface area contributed by atoms with Crippen LogP contribution in [0.25, 0.3) is 0 Å². The smallest absolute Gasteiger partial charge is 0.338 e. The second kappa shape index (κ2) is 8.71. The first kappa shape index (κ1) is 18.3. The van der Waals surface area contributed by atoms with Crippen LogP contribution in [0.4, 0.5) is 0 Å². The molecule has 6 heteroatoms. The maximum atomic E-state index is 12.1. The van der Waals surface area contributed by atoms with Gasteiger partial charge in [-0.3, -0.25) is 4.79 Å². The van der Waals surface area contributed by atoms with Crippen molar-refractivity contribution < 1.29 is 23.4 Å². The molecule has 3 rings (SSSR count). The second-order valence-electron chi connectivity index (χ2n) is 5.66. The van der Waals surface area contributed by atoms with E-state index in [-0.39, 0.29) is 30.2 Å². The summed E-state index contributed by atoms with van der Waals surface area (Å²) in [5.74, 6) is 0.335.